The van der Waals surface area contributed by atoms with Gasteiger partial charge in [-0.25, -0.2) is 0 Å². The highest BCUT2D eigenvalue weighted by atomic mass is 35.5. The highest BCUT2D eigenvalue weighted by molar-refractivity contribution is 6.32. The lowest BCUT2D eigenvalue weighted by Crippen LogP contribution is -2.02. The first-order valence-corrected chi connectivity index (χ1v) is 7.12. The molecule has 0 bridgehead atoms. The average molecular weight is 329 g/mol. The molecule has 0 amide bonds. The van der Waals surface area contributed by atoms with E-state index in [4.69, 9.17) is 32.7 Å². The zero-order valence-corrected chi connectivity index (χ0v) is 13.1. The Hall–Kier alpha value is -1.79. The predicted molar refractivity (Wildman–Crippen MR) is 81.9 cm³/mol. The molecule has 1 heterocycles. The van der Waals surface area contributed by atoms with Gasteiger partial charge in [0.25, 0.3) is 0 Å². The van der Waals surface area contributed by atoms with Crippen molar-refractivity contribution in [1.29, 1.82) is 0 Å². The van der Waals surface area contributed by atoms with Crippen molar-refractivity contribution in [2.45, 2.75) is 13.8 Å². The summed E-state index contributed by atoms with van der Waals surface area (Å²) in [5, 5.41) is 10.4. The smallest absolute Gasteiger partial charge is 0.245 e. The average Bonchev–Trinajstić information content (AvgIpc) is 2.46. The Kier molecular flexibility index (Phi) is 5.41. The molecule has 0 fully saturated rings. The highest BCUT2D eigenvalue weighted by Crippen LogP contribution is 2.33. The Balaban J connectivity index is 2.35. The van der Waals surface area contributed by atoms with Gasteiger partial charge in [0.2, 0.25) is 5.28 Å². The molecular weight excluding hydrogens is 315 g/mol. The maximum Gasteiger partial charge on any atom is 0.245 e. The third kappa shape index (κ3) is 4.09. The molecule has 1 N–H and O–H groups in total. The molecule has 0 spiro atoms. The molecule has 0 aliphatic heterocycles. The zero-order chi connectivity index (χ0) is 15.2. The summed E-state index contributed by atoms with van der Waals surface area (Å²) in [4.78, 5) is 4.00. The SMILES string of the molecule is CCOc1ccc(OCC)c(Nc2nc(Cl)nnc2Cl)c1. The Bertz CT molecular complexity index is 625. The van der Waals surface area contributed by atoms with Crippen molar-refractivity contribution in [1.82, 2.24) is 15.2 Å². The summed E-state index contributed by atoms with van der Waals surface area (Å²) >= 11 is 11.7. The standard InChI is InChI=1S/C13H14Cl2N4O2/c1-3-20-8-5-6-10(21-4-2)9(7-8)16-12-11(14)18-19-13(15)17-12/h5-7H,3-4H2,1-2H3,(H,16,17,19). The summed E-state index contributed by atoms with van der Waals surface area (Å²) < 4.78 is 11.0. The van der Waals surface area contributed by atoms with Gasteiger partial charge in [-0.05, 0) is 37.6 Å². The summed E-state index contributed by atoms with van der Waals surface area (Å²) in [5.41, 5.74) is 0.654. The minimum atomic E-state index is 0.000762. The highest BCUT2D eigenvalue weighted by Gasteiger charge is 2.11. The van der Waals surface area contributed by atoms with Crippen molar-refractivity contribution < 1.29 is 9.47 Å². The number of nitrogens with zero attached hydrogens (tertiary/aromatic N) is 3. The molecule has 0 radical (unpaired) electrons. The lowest BCUT2D eigenvalue weighted by molar-refractivity contribution is 0.332. The molecule has 0 saturated heterocycles. The number of anilines is 2. The van der Waals surface area contributed by atoms with Crippen LogP contribution in [0.15, 0.2) is 18.2 Å². The van der Waals surface area contributed by atoms with Crippen LogP contribution in [0.4, 0.5) is 11.5 Å². The number of ether oxygens (including phenoxy) is 2. The fourth-order valence-corrected chi connectivity index (χ4v) is 1.89. The largest absolute Gasteiger partial charge is 0.494 e. The third-order valence-electron chi connectivity index (χ3n) is 2.43. The summed E-state index contributed by atoms with van der Waals surface area (Å²) in [7, 11) is 0. The fraction of sp³-hybridized carbons (Fsp3) is 0.308. The van der Waals surface area contributed by atoms with E-state index in [9.17, 15) is 0 Å². The monoisotopic (exact) mass is 328 g/mol. The van der Waals surface area contributed by atoms with Crippen molar-refractivity contribution in [2.24, 2.45) is 0 Å². The van der Waals surface area contributed by atoms with Gasteiger partial charge < -0.3 is 14.8 Å². The van der Waals surface area contributed by atoms with Crippen LogP contribution in [0.25, 0.3) is 0 Å². The number of halogens is 2. The summed E-state index contributed by atoms with van der Waals surface area (Å²) in [5.74, 6) is 1.64. The predicted octanol–water partition coefficient (Wildman–Crippen LogP) is 3.72. The molecule has 2 aromatic rings. The van der Waals surface area contributed by atoms with Gasteiger partial charge in [0.15, 0.2) is 11.0 Å². The third-order valence-corrected chi connectivity index (χ3v) is 2.85. The lowest BCUT2D eigenvalue weighted by Gasteiger charge is -2.14. The van der Waals surface area contributed by atoms with Crippen LogP contribution in [0.3, 0.4) is 0 Å². The molecule has 0 unspecified atom stereocenters. The van der Waals surface area contributed by atoms with Crippen LogP contribution >= 0.6 is 23.2 Å². The molecule has 8 heteroatoms. The summed E-state index contributed by atoms with van der Waals surface area (Å²) in [6, 6.07) is 5.42. The Morgan fingerprint density at radius 1 is 1.10 bits per heavy atom. The number of aromatic nitrogens is 3. The van der Waals surface area contributed by atoms with E-state index in [1.54, 1.807) is 12.1 Å². The summed E-state index contributed by atoms with van der Waals surface area (Å²) in [6.45, 7) is 4.90. The van der Waals surface area contributed by atoms with Crippen molar-refractivity contribution in [2.75, 3.05) is 18.5 Å². The topological polar surface area (TPSA) is 69.2 Å². The number of hydrogen-bond acceptors (Lipinski definition) is 6. The first kappa shape index (κ1) is 15.6. The van der Waals surface area contributed by atoms with Crippen molar-refractivity contribution in [3.05, 3.63) is 28.6 Å². The Morgan fingerprint density at radius 2 is 1.86 bits per heavy atom. The van der Waals surface area contributed by atoms with Gasteiger partial charge in [-0.3, -0.25) is 0 Å². The van der Waals surface area contributed by atoms with Crippen LogP contribution in [0, 0.1) is 0 Å². The second-order valence-corrected chi connectivity index (χ2v) is 4.57. The minimum absolute atomic E-state index is 0.000762. The zero-order valence-electron chi connectivity index (χ0n) is 11.6. The van der Waals surface area contributed by atoms with Crippen LogP contribution in [0.5, 0.6) is 11.5 Å². The van der Waals surface area contributed by atoms with Crippen LogP contribution in [0.1, 0.15) is 13.8 Å². The van der Waals surface area contributed by atoms with E-state index >= 15 is 0 Å². The maximum atomic E-state index is 5.95. The Morgan fingerprint density at radius 3 is 2.57 bits per heavy atom. The van der Waals surface area contributed by atoms with E-state index in [1.807, 2.05) is 19.9 Å². The van der Waals surface area contributed by atoms with Gasteiger partial charge >= 0.3 is 0 Å². The normalized spacial score (nSPS) is 10.3. The van der Waals surface area contributed by atoms with Crippen molar-refractivity contribution >= 4 is 34.7 Å². The van der Waals surface area contributed by atoms with Gasteiger partial charge in [0.05, 0.1) is 18.9 Å². The molecule has 6 nitrogen and oxygen atoms in total. The molecule has 0 atom stereocenters. The number of hydrogen-bond donors (Lipinski definition) is 1. The number of benzene rings is 1. The Labute approximate surface area is 132 Å². The van der Waals surface area contributed by atoms with E-state index in [-0.39, 0.29) is 10.4 Å². The molecule has 112 valence electrons. The van der Waals surface area contributed by atoms with E-state index in [1.165, 1.54) is 0 Å². The van der Waals surface area contributed by atoms with Crippen molar-refractivity contribution in [3.63, 3.8) is 0 Å². The fourth-order valence-electron chi connectivity index (χ4n) is 1.64. The molecular formula is C13H14Cl2N4O2. The minimum Gasteiger partial charge on any atom is -0.494 e. The molecule has 1 aromatic heterocycles. The van der Waals surface area contributed by atoms with Gasteiger partial charge in [0.1, 0.15) is 11.5 Å². The van der Waals surface area contributed by atoms with Gasteiger partial charge in [-0.1, -0.05) is 11.6 Å². The van der Waals surface area contributed by atoms with Crippen LogP contribution in [0.2, 0.25) is 10.4 Å². The van der Waals surface area contributed by atoms with Crippen LogP contribution < -0.4 is 14.8 Å². The molecule has 0 aliphatic rings. The van der Waals surface area contributed by atoms with Gasteiger partial charge in [-0.2, -0.15) is 4.98 Å². The molecule has 0 aliphatic carbocycles. The molecule has 0 saturated carbocycles. The lowest BCUT2D eigenvalue weighted by atomic mass is 10.2. The second kappa shape index (κ2) is 7.28. The van der Waals surface area contributed by atoms with E-state index in [0.29, 0.717) is 36.2 Å². The van der Waals surface area contributed by atoms with Gasteiger partial charge in [0, 0.05) is 6.07 Å². The van der Waals surface area contributed by atoms with Crippen LogP contribution in [-0.2, 0) is 0 Å². The first-order chi connectivity index (χ1) is 10.1. The quantitative estimate of drug-likeness (QED) is 0.871. The number of rotatable bonds is 6. The van der Waals surface area contributed by atoms with E-state index in [2.05, 4.69) is 20.5 Å². The van der Waals surface area contributed by atoms with Crippen molar-refractivity contribution in [3.8, 4) is 11.5 Å². The van der Waals surface area contributed by atoms with Crippen LogP contribution in [-0.4, -0.2) is 28.4 Å². The first-order valence-electron chi connectivity index (χ1n) is 6.36. The summed E-state index contributed by atoms with van der Waals surface area (Å²) in [6.07, 6.45) is 0. The van der Waals surface area contributed by atoms with Gasteiger partial charge in [-0.15, -0.1) is 10.2 Å². The van der Waals surface area contributed by atoms with E-state index in [0.717, 1.165) is 0 Å². The number of nitrogens with one attached hydrogen (secondary N) is 1. The van der Waals surface area contributed by atoms with E-state index < -0.39 is 0 Å². The molecule has 21 heavy (non-hydrogen) atoms. The maximum absolute atomic E-state index is 5.95. The molecule has 1 aromatic carbocycles. The second-order valence-electron chi connectivity index (χ2n) is 3.87. The molecule has 2 rings (SSSR count).